The summed E-state index contributed by atoms with van der Waals surface area (Å²) in [7, 11) is 0. The second-order valence-corrected chi connectivity index (χ2v) is 6.16. The van der Waals surface area contributed by atoms with Crippen molar-refractivity contribution < 1.29 is 9.53 Å². The van der Waals surface area contributed by atoms with Crippen LogP contribution in [0.3, 0.4) is 0 Å². The van der Waals surface area contributed by atoms with Crippen LogP contribution in [0.5, 0.6) is 5.75 Å². The molecule has 0 fully saturated rings. The predicted octanol–water partition coefficient (Wildman–Crippen LogP) is 5.21. The van der Waals surface area contributed by atoms with Crippen molar-refractivity contribution >= 4 is 57.2 Å². The number of fused-ring (bicyclic) bond motifs is 1. The largest absolute Gasteiger partial charge is 0.482 e. The molecular formula is C17H11Cl3N2O2. The first-order chi connectivity index (χ1) is 11.5. The van der Waals surface area contributed by atoms with Gasteiger partial charge in [-0.15, -0.1) is 0 Å². The number of aromatic nitrogens is 1. The van der Waals surface area contributed by atoms with Crippen LogP contribution < -0.4 is 10.1 Å². The maximum Gasteiger partial charge on any atom is 0.262 e. The number of nitrogens with one attached hydrogen (secondary N) is 1. The molecule has 0 saturated heterocycles. The van der Waals surface area contributed by atoms with E-state index in [1.807, 2.05) is 24.3 Å². The summed E-state index contributed by atoms with van der Waals surface area (Å²) >= 11 is 17.8. The zero-order chi connectivity index (χ0) is 17.1. The molecule has 4 nitrogen and oxygen atoms in total. The lowest BCUT2D eigenvalue weighted by Crippen LogP contribution is -2.20. The number of rotatable bonds is 4. The van der Waals surface area contributed by atoms with Gasteiger partial charge in [0.1, 0.15) is 5.75 Å². The monoisotopic (exact) mass is 380 g/mol. The minimum atomic E-state index is -0.318. The number of benzene rings is 2. The van der Waals surface area contributed by atoms with Crippen molar-refractivity contribution in [3.8, 4) is 5.75 Å². The fourth-order valence-electron chi connectivity index (χ4n) is 2.18. The van der Waals surface area contributed by atoms with Gasteiger partial charge in [-0.25, -0.2) is 0 Å². The van der Waals surface area contributed by atoms with Crippen LogP contribution in [-0.2, 0) is 4.79 Å². The van der Waals surface area contributed by atoms with Crippen LogP contribution in [0.25, 0.3) is 10.8 Å². The van der Waals surface area contributed by atoms with E-state index < -0.39 is 0 Å². The Kier molecular flexibility index (Phi) is 5.09. The van der Waals surface area contributed by atoms with Gasteiger partial charge in [0.2, 0.25) is 0 Å². The molecule has 0 radical (unpaired) electrons. The van der Waals surface area contributed by atoms with Crippen molar-refractivity contribution in [3.63, 3.8) is 0 Å². The molecule has 3 aromatic rings. The van der Waals surface area contributed by atoms with E-state index >= 15 is 0 Å². The summed E-state index contributed by atoms with van der Waals surface area (Å²) in [5.41, 5.74) is 0.684. The van der Waals surface area contributed by atoms with E-state index in [1.165, 1.54) is 12.1 Å². The molecule has 0 unspecified atom stereocenters. The molecule has 1 N–H and O–H groups in total. The molecule has 0 bridgehead atoms. The summed E-state index contributed by atoms with van der Waals surface area (Å²) < 4.78 is 5.42. The molecule has 1 amide bonds. The molecule has 24 heavy (non-hydrogen) atoms. The summed E-state index contributed by atoms with van der Waals surface area (Å²) in [6.45, 7) is -0.209. The van der Waals surface area contributed by atoms with Crippen LogP contribution in [-0.4, -0.2) is 17.5 Å². The van der Waals surface area contributed by atoms with E-state index in [0.717, 1.165) is 10.8 Å². The molecule has 2 aromatic carbocycles. The van der Waals surface area contributed by atoms with Gasteiger partial charge in [-0.3, -0.25) is 9.78 Å². The van der Waals surface area contributed by atoms with Crippen LogP contribution >= 0.6 is 34.8 Å². The zero-order valence-electron chi connectivity index (χ0n) is 12.2. The molecule has 0 saturated carbocycles. The van der Waals surface area contributed by atoms with Crippen molar-refractivity contribution in [2.24, 2.45) is 0 Å². The van der Waals surface area contributed by atoms with Gasteiger partial charge >= 0.3 is 0 Å². The maximum atomic E-state index is 12.1. The number of carbonyl (C=O) groups excluding carboxylic acids is 1. The molecule has 7 heteroatoms. The van der Waals surface area contributed by atoms with Crippen molar-refractivity contribution in [2.75, 3.05) is 11.9 Å². The normalized spacial score (nSPS) is 10.6. The Morgan fingerprint density at radius 3 is 2.71 bits per heavy atom. The van der Waals surface area contributed by atoms with Gasteiger partial charge in [-0.05, 0) is 18.2 Å². The fraction of sp³-hybridized carbons (Fsp3) is 0.0588. The van der Waals surface area contributed by atoms with E-state index in [-0.39, 0.29) is 17.5 Å². The topological polar surface area (TPSA) is 51.2 Å². The van der Waals surface area contributed by atoms with Crippen molar-refractivity contribution in [3.05, 3.63) is 63.9 Å². The summed E-state index contributed by atoms with van der Waals surface area (Å²) in [6.07, 6.45) is 3.40. The Hall–Kier alpha value is -2.01. The highest BCUT2D eigenvalue weighted by molar-refractivity contribution is 6.43. The number of hydrogen-bond acceptors (Lipinski definition) is 3. The third-order valence-electron chi connectivity index (χ3n) is 3.29. The number of ether oxygens (including phenoxy) is 1. The number of pyridine rings is 1. The predicted molar refractivity (Wildman–Crippen MR) is 97.3 cm³/mol. The SMILES string of the molecule is O=C(COc1cc(Cl)c(Cl)cc1Cl)Nc1cccc2cnccc12. The van der Waals surface area contributed by atoms with Crippen molar-refractivity contribution in [2.45, 2.75) is 0 Å². The smallest absolute Gasteiger partial charge is 0.262 e. The highest BCUT2D eigenvalue weighted by Gasteiger charge is 2.10. The molecule has 0 atom stereocenters. The lowest BCUT2D eigenvalue weighted by Gasteiger charge is -2.11. The average Bonchev–Trinajstić information content (AvgIpc) is 2.57. The first kappa shape index (κ1) is 16.8. The molecule has 0 spiro atoms. The third-order valence-corrected chi connectivity index (χ3v) is 4.31. The molecule has 1 heterocycles. The summed E-state index contributed by atoms with van der Waals surface area (Å²) in [5, 5.41) is 5.55. The van der Waals surface area contributed by atoms with Crippen LogP contribution in [0, 0.1) is 0 Å². The van der Waals surface area contributed by atoms with E-state index in [9.17, 15) is 4.79 Å². The Bertz CT molecular complexity index is 910. The quantitative estimate of drug-likeness (QED) is 0.631. The number of hydrogen-bond donors (Lipinski definition) is 1. The minimum absolute atomic E-state index is 0.209. The number of amides is 1. The van der Waals surface area contributed by atoms with Crippen LogP contribution in [0.15, 0.2) is 48.8 Å². The van der Waals surface area contributed by atoms with Gasteiger partial charge in [-0.2, -0.15) is 0 Å². The second-order valence-electron chi connectivity index (χ2n) is 4.94. The average molecular weight is 382 g/mol. The van der Waals surface area contributed by atoms with Gasteiger partial charge in [0.25, 0.3) is 5.91 Å². The van der Waals surface area contributed by atoms with Gasteiger partial charge in [-0.1, -0.05) is 46.9 Å². The van der Waals surface area contributed by atoms with E-state index in [0.29, 0.717) is 21.5 Å². The van der Waals surface area contributed by atoms with Gasteiger partial charge in [0, 0.05) is 34.9 Å². The van der Waals surface area contributed by atoms with Crippen LogP contribution in [0.4, 0.5) is 5.69 Å². The van der Waals surface area contributed by atoms with Gasteiger partial charge in [0.05, 0.1) is 15.1 Å². The third kappa shape index (κ3) is 3.73. The molecule has 3 rings (SSSR count). The summed E-state index contributed by atoms with van der Waals surface area (Å²) in [4.78, 5) is 16.2. The Morgan fingerprint density at radius 2 is 1.88 bits per heavy atom. The molecule has 0 aliphatic carbocycles. The Balaban J connectivity index is 1.71. The van der Waals surface area contributed by atoms with E-state index in [1.54, 1.807) is 12.4 Å². The first-order valence-corrected chi connectivity index (χ1v) is 8.08. The summed E-state index contributed by atoms with van der Waals surface area (Å²) in [6, 6.07) is 10.4. The summed E-state index contributed by atoms with van der Waals surface area (Å²) in [5.74, 6) is -0.0233. The fourth-order valence-corrected chi connectivity index (χ4v) is 2.77. The highest BCUT2D eigenvalue weighted by atomic mass is 35.5. The van der Waals surface area contributed by atoms with Crippen LogP contribution in [0.1, 0.15) is 0 Å². The molecular weight excluding hydrogens is 371 g/mol. The van der Waals surface area contributed by atoms with Crippen molar-refractivity contribution in [1.29, 1.82) is 0 Å². The number of halogens is 3. The number of anilines is 1. The molecule has 1 aromatic heterocycles. The lowest BCUT2D eigenvalue weighted by molar-refractivity contribution is -0.118. The lowest BCUT2D eigenvalue weighted by atomic mass is 10.1. The Morgan fingerprint density at radius 1 is 1.08 bits per heavy atom. The first-order valence-electron chi connectivity index (χ1n) is 6.94. The highest BCUT2D eigenvalue weighted by Crippen LogP contribution is 2.33. The number of carbonyl (C=O) groups is 1. The maximum absolute atomic E-state index is 12.1. The van der Waals surface area contributed by atoms with Gasteiger partial charge < -0.3 is 10.1 Å². The number of nitrogens with zero attached hydrogens (tertiary/aromatic N) is 1. The molecule has 122 valence electrons. The standard InChI is InChI=1S/C17H11Cl3N2O2/c18-12-6-14(20)16(7-13(12)19)24-9-17(23)22-15-3-1-2-10-8-21-5-4-11(10)15/h1-8H,9H2,(H,22,23). The van der Waals surface area contributed by atoms with Crippen LogP contribution in [0.2, 0.25) is 15.1 Å². The van der Waals surface area contributed by atoms with E-state index in [4.69, 9.17) is 39.5 Å². The second kappa shape index (κ2) is 7.26. The Labute approximate surface area is 153 Å². The molecule has 0 aliphatic heterocycles. The minimum Gasteiger partial charge on any atom is -0.482 e. The van der Waals surface area contributed by atoms with E-state index in [2.05, 4.69) is 10.3 Å². The molecule has 0 aliphatic rings. The zero-order valence-corrected chi connectivity index (χ0v) is 14.5. The van der Waals surface area contributed by atoms with Gasteiger partial charge in [0.15, 0.2) is 6.61 Å². The van der Waals surface area contributed by atoms with Crippen molar-refractivity contribution in [1.82, 2.24) is 4.98 Å².